The minimum absolute atomic E-state index is 0.0103. The van der Waals surface area contributed by atoms with Gasteiger partial charge < -0.3 is 5.11 Å². The smallest absolute Gasteiger partial charge is 0.257 e. The van der Waals surface area contributed by atoms with Crippen molar-refractivity contribution in [3.05, 3.63) is 33.3 Å². The van der Waals surface area contributed by atoms with Gasteiger partial charge in [-0.1, -0.05) is 11.6 Å². The van der Waals surface area contributed by atoms with E-state index in [0.717, 1.165) is 4.68 Å². The molecule has 9 heteroatoms. The van der Waals surface area contributed by atoms with Crippen LogP contribution in [0.4, 0.5) is 8.78 Å². The molecule has 0 aliphatic carbocycles. The van der Waals surface area contributed by atoms with Gasteiger partial charge in [0.2, 0.25) is 0 Å². The number of nitrogens with zero attached hydrogens (tertiary/aromatic N) is 4. The lowest BCUT2D eigenvalue weighted by Crippen LogP contribution is -2.06. The van der Waals surface area contributed by atoms with E-state index < -0.39 is 19.1 Å². The summed E-state index contributed by atoms with van der Waals surface area (Å²) in [4.78, 5) is 0. The van der Waals surface area contributed by atoms with Gasteiger partial charge >= 0.3 is 0 Å². The topological polar surface area (TPSA) is 55.9 Å². The van der Waals surface area contributed by atoms with E-state index in [4.69, 9.17) is 11.6 Å². The second-order valence-electron chi connectivity index (χ2n) is 3.94. The van der Waals surface area contributed by atoms with Crippen molar-refractivity contribution < 1.29 is 13.9 Å². The van der Waals surface area contributed by atoms with Crippen LogP contribution in [0.1, 0.15) is 17.2 Å². The SMILES string of the molecule is Cn1cc(C(O)c2cn(CC(F)F)nc2Cl)c(Br)n1. The van der Waals surface area contributed by atoms with Crippen LogP contribution in [-0.2, 0) is 13.6 Å². The minimum Gasteiger partial charge on any atom is -0.383 e. The molecular formula is C10H10BrClF2N4O. The number of aromatic nitrogens is 4. The van der Waals surface area contributed by atoms with Crippen LogP contribution in [0.15, 0.2) is 17.0 Å². The van der Waals surface area contributed by atoms with Crippen molar-refractivity contribution in [3.63, 3.8) is 0 Å². The van der Waals surface area contributed by atoms with Gasteiger partial charge in [-0.05, 0) is 15.9 Å². The van der Waals surface area contributed by atoms with Gasteiger partial charge in [-0.3, -0.25) is 9.36 Å². The Balaban J connectivity index is 2.31. The van der Waals surface area contributed by atoms with Crippen LogP contribution in [0.3, 0.4) is 0 Å². The third kappa shape index (κ3) is 3.13. The summed E-state index contributed by atoms with van der Waals surface area (Å²) < 4.78 is 27.5. The lowest BCUT2D eigenvalue weighted by Gasteiger charge is -2.06. The summed E-state index contributed by atoms with van der Waals surface area (Å²) >= 11 is 9.06. The zero-order valence-corrected chi connectivity index (χ0v) is 12.1. The normalized spacial score (nSPS) is 13.2. The molecule has 0 saturated carbocycles. The first-order valence-electron chi connectivity index (χ1n) is 5.26. The molecule has 2 rings (SSSR count). The van der Waals surface area contributed by atoms with Crippen LogP contribution >= 0.6 is 27.5 Å². The number of hydrogen-bond acceptors (Lipinski definition) is 3. The van der Waals surface area contributed by atoms with Crippen LogP contribution in [0, 0.1) is 0 Å². The quantitative estimate of drug-likeness (QED) is 0.916. The molecule has 0 aromatic carbocycles. The maximum absolute atomic E-state index is 12.3. The second-order valence-corrected chi connectivity index (χ2v) is 5.05. The number of hydrogen-bond donors (Lipinski definition) is 1. The molecule has 5 nitrogen and oxygen atoms in total. The van der Waals surface area contributed by atoms with E-state index in [0.29, 0.717) is 10.2 Å². The van der Waals surface area contributed by atoms with Crippen molar-refractivity contribution in [3.8, 4) is 0 Å². The molecule has 0 aliphatic heterocycles. The van der Waals surface area contributed by atoms with Gasteiger partial charge in [0.25, 0.3) is 6.43 Å². The van der Waals surface area contributed by atoms with Gasteiger partial charge in [-0.25, -0.2) is 8.78 Å². The van der Waals surface area contributed by atoms with E-state index in [1.165, 1.54) is 10.9 Å². The summed E-state index contributed by atoms with van der Waals surface area (Å²) in [5.41, 5.74) is 0.747. The lowest BCUT2D eigenvalue weighted by molar-refractivity contribution is 0.121. The first-order valence-corrected chi connectivity index (χ1v) is 6.43. The average molecular weight is 356 g/mol. The molecule has 0 radical (unpaired) electrons. The Morgan fingerprint density at radius 2 is 2.05 bits per heavy atom. The lowest BCUT2D eigenvalue weighted by atomic mass is 10.1. The van der Waals surface area contributed by atoms with Crippen LogP contribution in [0.25, 0.3) is 0 Å². The van der Waals surface area contributed by atoms with Gasteiger partial charge in [0.05, 0.1) is 0 Å². The van der Waals surface area contributed by atoms with Gasteiger partial charge in [0, 0.05) is 30.6 Å². The van der Waals surface area contributed by atoms with Gasteiger partial charge in [0.15, 0.2) is 5.15 Å². The fraction of sp³-hybridized carbons (Fsp3) is 0.400. The Kier molecular flexibility index (Phi) is 4.22. The van der Waals surface area contributed by atoms with E-state index >= 15 is 0 Å². The fourth-order valence-electron chi connectivity index (χ4n) is 1.66. The van der Waals surface area contributed by atoms with Crippen LogP contribution in [0.5, 0.6) is 0 Å². The Bertz CT molecular complexity index is 586. The summed E-state index contributed by atoms with van der Waals surface area (Å²) in [6.45, 7) is -0.569. The Morgan fingerprint density at radius 3 is 2.58 bits per heavy atom. The molecule has 19 heavy (non-hydrogen) atoms. The highest BCUT2D eigenvalue weighted by molar-refractivity contribution is 9.10. The van der Waals surface area contributed by atoms with Crippen molar-refractivity contribution >= 4 is 27.5 Å². The van der Waals surface area contributed by atoms with E-state index in [1.807, 2.05) is 0 Å². The fourth-order valence-corrected chi connectivity index (χ4v) is 2.48. The van der Waals surface area contributed by atoms with Crippen molar-refractivity contribution in [2.45, 2.75) is 19.1 Å². The van der Waals surface area contributed by atoms with Crippen molar-refractivity contribution in [1.29, 1.82) is 0 Å². The second kappa shape index (κ2) is 5.56. The van der Waals surface area contributed by atoms with Crippen molar-refractivity contribution in [1.82, 2.24) is 19.6 Å². The zero-order chi connectivity index (χ0) is 14.2. The molecule has 0 bridgehead atoms. The summed E-state index contributed by atoms with van der Waals surface area (Å²) in [6, 6.07) is 0. The third-order valence-electron chi connectivity index (χ3n) is 2.47. The van der Waals surface area contributed by atoms with Crippen molar-refractivity contribution in [2.24, 2.45) is 7.05 Å². The number of rotatable bonds is 4. The maximum atomic E-state index is 12.3. The zero-order valence-electron chi connectivity index (χ0n) is 9.76. The van der Waals surface area contributed by atoms with Crippen LogP contribution in [0.2, 0.25) is 5.15 Å². The molecule has 0 spiro atoms. The molecule has 2 aromatic heterocycles. The molecule has 0 amide bonds. The summed E-state index contributed by atoms with van der Waals surface area (Å²) in [7, 11) is 1.70. The van der Waals surface area contributed by atoms with Crippen LogP contribution in [-0.4, -0.2) is 31.1 Å². The minimum atomic E-state index is -2.54. The molecule has 1 atom stereocenters. The molecule has 1 N–H and O–H groups in total. The van der Waals surface area contributed by atoms with E-state index in [1.54, 1.807) is 13.2 Å². The Hall–Kier alpha value is -0.990. The molecule has 1 unspecified atom stereocenters. The molecule has 2 aromatic rings. The molecule has 0 fully saturated rings. The average Bonchev–Trinajstić information content (AvgIpc) is 2.80. The predicted octanol–water partition coefficient (Wildman–Crippen LogP) is 2.38. The number of aliphatic hydroxyl groups excluding tert-OH is 1. The highest BCUT2D eigenvalue weighted by atomic mass is 79.9. The Morgan fingerprint density at radius 1 is 1.37 bits per heavy atom. The van der Waals surface area contributed by atoms with Gasteiger partial charge in [-0.15, -0.1) is 0 Å². The first kappa shape index (κ1) is 14.4. The van der Waals surface area contributed by atoms with Gasteiger partial charge in [-0.2, -0.15) is 10.2 Å². The van der Waals surface area contributed by atoms with E-state index in [9.17, 15) is 13.9 Å². The maximum Gasteiger partial charge on any atom is 0.257 e. The molecular weight excluding hydrogens is 345 g/mol. The largest absolute Gasteiger partial charge is 0.383 e. The molecule has 104 valence electrons. The summed E-state index contributed by atoms with van der Waals surface area (Å²) in [5.74, 6) is 0. The molecule has 0 aliphatic rings. The molecule has 0 saturated heterocycles. The first-order chi connectivity index (χ1) is 8.88. The van der Waals surface area contributed by atoms with E-state index in [2.05, 4.69) is 26.1 Å². The monoisotopic (exact) mass is 354 g/mol. The number of aryl methyl sites for hydroxylation is 1. The van der Waals surface area contributed by atoms with Gasteiger partial charge in [0.1, 0.15) is 17.3 Å². The van der Waals surface area contributed by atoms with E-state index in [-0.39, 0.29) is 10.7 Å². The third-order valence-corrected chi connectivity index (χ3v) is 3.38. The Labute approximate surface area is 120 Å². The highest BCUT2D eigenvalue weighted by Crippen LogP contribution is 2.31. The summed E-state index contributed by atoms with van der Waals surface area (Å²) in [6.07, 6.45) is -0.707. The number of halogens is 4. The molecule has 2 heterocycles. The number of aliphatic hydroxyl groups is 1. The summed E-state index contributed by atoms with van der Waals surface area (Å²) in [5, 5.41) is 18.0. The standard InChI is InChI=1S/C10H10BrClF2N4O/c1-17-2-5(9(11)15-17)8(19)6-3-18(4-7(13)14)16-10(6)12/h2-3,7-8,19H,4H2,1H3. The van der Waals surface area contributed by atoms with Crippen LogP contribution < -0.4 is 0 Å². The highest BCUT2D eigenvalue weighted by Gasteiger charge is 2.22. The van der Waals surface area contributed by atoms with Crippen molar-refractivity contribution in [2.75, 3.05) is 0 Å². The number of alkyl halides is 2. The predicted molar refractivity (Wildman–Crippen MR) is 68.2 cm³/mol.